The SMILES string of the molecule is Cc1nc(-c2cccc(NC(=O)C(C)SCC(=O)Nc3ccc(F)cc3)c2)oc1C. The fourth-order valence-corrected chi connectivity index (χ4v) is 3.26. The van der Waals surface area contributed by atoms with Crippen molar-refractivity contribution in [2.45, 2.75) is 26.0 Å². The molecule has 1 heterocycles. The first-order chi connectivity index (χ1) is 14.3. The number of oxazole rings is 1. The van der Waals surface area contributed by atoms with Gasteiger partial charge in [0.2, 0.25) is 17.7 Å². The Balaban J connectivity index is 1.53. The summed E-state index contributed by atoms with van der Waals surface area (Å²) >= 11 is 1.21. The highest BCUT2D eigenvalue weighted by atomic mass is 32.2. The first-order valence-corrected chi connectivity index (χ1v) is 10.4. The maximum Gasteiger partial charge on any atom is 0.237 e. The molecule has 2 aromatic carbocycles. The van der Waals surface area contributed by atoms with Gasteiger partial charge in [-0.05, 0) is 63.2 Å². The average Bonchev–Trinajstić information content (AvgIpc) is 3.06. The highest BCUT2D eigenvalue weighted by Crippen LogP contribution is 2.24. The number of aromatic nitrogens is 1. The van der Waals surface area contributed by atoms with E-state index < -0.39 is 5.25 Å². The van der Waals surface area contributed by atoms with Crippen molar-refractivity contribution in [3.05, 3.63) is 65.8 Å². The van der Waals surface area contributed by atoms with Gasteiger partial charge in [-0.25, -0.2) is 9.37 Å². The minimum atomic E-state index is -0.446. The van der Waals surface area contributed by atoms with Crippen LogP contribution < -0.4 is 10.6 Å². The van der Waals surface area contributed by atoms with Gasteiger partial charge in [0, 0.05) is 16.9 Å². The van der Waals surface area contributed by atoms with Crippen LogP contribution in [0.25, 0.3) is 11.5 Å². The molecule has 3 aromatic rings. The Labute approximate surface area is 178 Å². The molecule has 0 bridgehead atoms. The van der Waals surface area contributed by atoms with Gasteiger partial charge < -0.3 is 15.1 Å². The second-order valence-corrected chi connectivity index (χ2v) is 8.07. The quantitative estimate of drug-likeness (QED) is 0.566. The van der Waals surface area contributed by atoms with Crippen molar-refractivity contribution in [1.29, 1.82) is 0 Å². The Hall–Kier alpha value is -3.13. The molecule has 156 valence electrons. The van der Waals surface area contributed by atoms with Gasteiger partial charge in [0.05, 0.1) is 16.7 Å². The van der Waals surface area contributed by atoms with Gasteiger partial charge in [-0.3, -0.25) is 9.59 Å². The molecule has 0 aliphatic carbocycles. The lowest BCUT2D eigenvalue weighted by atomic mass is 10.2. The van der Waals surface area contributed by atoms with Crippen LogP contribution in [0.15, 0.2) is 52.9 Å². The van der Waals surface area contributed by atoms with Crippen LogP contribution in [0.5, 0.6) is 0 Å². The van der Waals surface area contributed by atoms with E-state index >= 15 is 0 Å². The topological polar surface area (TPSA) is 84.2 Å². The average molecular weight is 428 g/mol. The summed E-state index contributed by atoms with van der Waals surface area (Å²) in [7, 11) is 0. The van der Waals surface area contributed by atoms with Crippen LogP contribution in [0.4, 0.5) is 15.8 Å². The van der Waals surface area contributed by atoms with Gasteiger partial charge in [-0.2, -0.15) is 0 Å². The summed E-state index contributed by atoms with van der Waals surface area (Å²) in [6.45, 7) is 5.46. The number of hydrogen-bond donors (Lipinski definition) is 2. The lowest BCUT2D eigenvalue weighted by Gasteiger charge is -2.12. The number of nitrogens with zero attached hydrogens (tertiary/aromatic N) is 1. The highest BCUT2D eigenvalue weighted by molar-refractivity contribution is 8.01. The van der Waals surface area contributed by atoms with Gasteiger partial charge >= 0.3 is 0 Å². The lowest BCUT2D eigenvalue weighted by molar-refractivity contribution is -0.115. The van der Waals surface area contributed by atoms with E-state index in [1.807, 2.05) is 26.0 Å². The molecule has 0 fully saturated rings. The Morgan fingerprint density at radius 1 is 1.10 bits per heavy atom. The smallest absolute Gasteiger partial charge is 0.237 e. The third-order valence-corrected chi connectivity index (χ3v) is 5.51. The van der Waals surface area contributed by atoms with Crippen molar-refractivity contribution in [3.63, 3.8) is 0 Å². The van der Waals surface area contributed by atoms with E-state index in [0.717, 1.165) is 17.0 Å². The van der Waals surface area contributed by atoms with E-state index in [9.17, 15) is 14.0 Å². The summed E-state index contributed by atoms with van der Waals surface area (Å²) in [4.78, 5) is 28.9. The summed E-state index contributed by atoms with van der Waals surface area (Å²) in [5, 5.41) is 5.07. The summed E-state index contributed by atoms with van der Waals surface area (Å²) in [6.07, 6.45) is 0. The molecule has 3 rings (SSSR count). The molecule has 30 heavy (non-hydrogen) atoms. The molecule has 2 N–H and O–H groups in total. The minimum absolute atomic E-state index is 0.0981. The second-order valence-electron chi connectivity index (χ2n) is 6.74. The predicted molar refractivity (Wildman–Crippen MR) is 117 cm³/mol. The normalized spacial score (nSPS) is 11.7. The van der Waals surface area contributed by atoms with E-state index in [1.165, 1.54) is 36.0 Å². The number of halogens is 1. The molecule has 6 nitrogen and oxygen atoms in total. The van der Waals surface area contributed by atoms with Crippen LogP contribution >= 0.6 is 11.8 Å². The Morgan fingerprint density at radius 2 is 1.83 bits per heavy atom. The fourth-order valence-electron chi connectivity index (χ4n) is 2.58. The van der Waals surface area contributed by atoms with Crippen molar-refractivity contribution in [2.24, 2.45) is 0 Å². The van der Waals surface area contributed by atoms with Crippen molar-refractivity contribution >= 4 is 35.0 Å². The lowest BCUT2D eigenvalue weighted by Crippen LogP contribution is -2.25. The monoisotopic (exact) mass is 427 g/mol. The minimum Gasteiger partial charge on any atom is -0.441 e. The van der Waals surface area contributed by atoms with Gasteiger partial charge in [0.15, 0.2) is 0 Å². The van der Waals surface area contributed by atoms with Crippen molar-refractivity contribution < 1.29 is 18.4 Å². The number of thioether (sulfide) groups is 1. The molecule has 0 spiro atoms. The molecule has 0 aliphatic rings. The number of benzene rings is 2. The first-order valence-electron chi connectivity index (χ1n) is 9.34. The zero-order valence-electron chi connectivity index (χ0n) is 16.9. The fraction of sp³-hybridized carbons (Fsp3) is 0.227. The number of aryl methyl sites for hydroxylation is 2. The first kappa shape index (κ1) is 21.6. The molecule has 2 amide bonds. The summed E-state index contributed by atoms with van der Waals surface area (Å²) in [6, 6.07) is 12.8. The predicted octanol–water partition coefficient (Wildman–Crippen LogP) is 4.80. The molecule has 0 saturated carbocycles. The Kier molecular flexibility index (Phi) is 6.89. The van der Waals surface area contributed by atoms with Crippen molar-refractivity contribution in [1.82, 2.24) is 4.98 Å². The largest absolute Gasteiger partial charge is 0.441 e. The number of carbonyl (C=O) groups excluding carboxylic acids is 2. The standard InChI is InChI=1S/C22H22FN3O3S/c1-13-14(2)29-22(24-13)16-5-4-6-19(11-16)26-21(28)15(3)30-12-20(27)25-18-9-7-17(23)8-10-18/h4-11,15H,12H2,1-3H3,(H,25,27)(H,26,28). The summed E-state index contributed by atoms with van der Waals surface area (Å²) < 4.78 is 18.6. The molecular formula is C22H22FN3O3S. The van der Waals surface area contributed by atoms with Gasteiger partial charge in [0.25, 0.3) is 0 Å². The van der Waals surface area contributed by atoms with E-state index in [1.54, 1.807) is 19.1 Å². The van der Waals surface area contributed by atoms with Gasteiger partial charge in [-0.1, -0.05) is 6.07 Å². The van der Waals surface area contributed by atoms with Gasteiger partial charge in [-0.15, -0.1) is 11.8 Å². The number of rotatable bonds is 7. The van der Waals surface area contributed by atoms with Crippen LogP contribution in [0.2, 0.25) is 0 Å². The molecule has 0 aliphatic heterocycles. The number of amides is 2. The Bertz CT molecular complexity index is 1030. The van der Waals surface area contributed by atoms with Crippen LogP contribution in [-0.2, 0) is 9.59 Å². The van der Waals surface area contributed by atoms with E-state index in [2.05, 4.69) is 15.6 Å². The van der Waals surface area contributed by atoms with Crippen LogP contribution in [0.3, 0.4) is 0 Å². The van der Waals surface area contributed by atoms with E-state index in [4.69, 9.17) is 4.42 Å². The number of carbonyl (C=O) groups is 2. The third-order valence-electron chi connectivity index (χ3n) is 4.37. The molecule has 1 atom stereocenters. The number of nitrogens with one attached hydrogen (secondary N) is 2. The molecule has 1 unspecified atom stereocenters. The zero-order valence-corrected chi connectivity index (χ0v) is 17.7. The number of hydrogen-bond acceptors (Lipinski definition) is 5. The van der Waals surface area contributed by atoms with E-state index in [0.29, 0.717) is 17.3 Å². The van der Waals surface area contributed by atoms with Crippen molar-refractivity contribution in [3.8, 4) is 11.5 Å². The zero-order chi connectivity index (χ0) is 21.7. The molecule has 0 saturated heterocycles. The second kappa shape index (κ2) is 9.58. The van der Waals surface area contributed by atoms with Crippen molar-refractivity contribution in [2.75, 3.05) is 16.4 Å². The maximum atomic E-state index is 12.9. The molecule has 1 aromatic heterocycles. The molecule has 8 heteroatoms. The van der Waals surface area contributed by atoms with E-state index in [-0.39, 0.29) is 23.4 Å². The van der Waals surface area contributed by atoms with Crippen LogP contribution in [0.1, 0.15) is 18.4 Å². The summed E-state index contributed by atoms with van der Waals surface area (Å²) in [5.74, 6) is 0.504. The third kappa shape index (κ3) is 5.70. The van der Waals surface area contributed by atoms with Crippen LogP contribution in [0, 0.1) is 19.7 Å². The Morgan fingerprint density at radius 3 is 2.50 bits per heavy atom. The van der Waals surface area contributed by atoms with Gasteiger partial charge in [0.1, 0.15) is 11.6 Å². The molecule has 0 radical (unpaired) electrons. The summed E-state index contributed by atoms with van der Waals surface area (Å²) in [5.41, 5.74) is 2.72. The number of anilines is 2. The maximum absolute atomic E-state index is 12.9. The van der Waals surface area contributed by atoms with Crippen LogP contribution in [-0.4, -0.2) is 27.8 Å². The molecular weight excluding hydrogens is 405 g/mol. The highest BCUT2D eigenvalue weighted by Gasteiger charge is 2.16.